The second-order valence-corrected chi connectivity index (χ2v) is 5.22. The summed E-state index contributed by atoms with van der Waals surface area (Å²) >= 11 is 2.88. The third kappa shape index (κ3) is 2.80. The van der Waals surface area contributed by atoms with E-state index < -0.39 is 0 Å². The van der Waals surface area contributed by atoms with Crippen LogP contribution in [0.4, 0.5) is 5.13 Å². The van der Waals surface area contributed by atoms with Gasteiger partial charge in [-0.25, -0.2) is 9.78 Å². The summed E-state index contributed by atoms with van der Waals surface area (Å²) in [5.41, 5.74) is 2.47. The molecule has 0 saturated carbocycles. The Morgan fingerprint density at radius 1 is 1.59 bits per heavy atom. The summed E-state index contributed by atoms with van der Waals surface area (Å²) < 4.78 is 4.68. The van der Waals surface area contributed by atoms with Crippen molar-refractivity contribution in [3.63, 3.8) is 0 Å². The summed E-state index contributed by atoms with van der Waals surface area (Å²) in [6.45, 7) is 2.46. The van der Waals surface area contributed by atoms with Crippen LogP contribution in [0.25, 0.3) is 0 Å². The van der Waals surface area contributed by atoms with Gasteiger partial charge < -0.3 is 10.1 Å². The number of rotatable bonds is 4. The maximum Gasteiger partial charge on any atom is 0.350 e. The molecule has 0 spiro atoms. The van der Waals surface area contributed by atoms with Crippen LogP contribution in [0.2, 0.25) is 0 Å². The molecule has 0 aliphatic rings. The van der Waals surface area contributed by atoms with E-state index in [1.54, 1.807) is 30.0 Å². The Balaban J connectivity index is 2.05. The number of hydrogen-bond acceptors (Lipinski definition) is 7. The topological polar surface area (TPSA) is 64.1 Å². The van der Waals surface area contributed by atoms with E-state index in [2.05, 4.69) is 20.0 Å². The lowest BCUT2D eigenvalue weighted by Gasteiger charge is -1.97. The van der Waals surface area contributed by atoms with Gasteiger partial charge >= 0.3 is 5.97 Å². The summed E-state index contributed by atoms with van der Waals surface area (Å²) in [4.78, 5) is 21.3. The smallest absolute Gasteiger partial charge is 0.350 e. The number of methoxy groups -OCH3 is 1. The zero-order chi connectivity index (χ0) is 12.3. The van der Waals surface area contributed by atoms with Gasteiger partial charge in [0.05, 0.1) is 24.9 Å². The predicted molar refractivity (Wildman–Crippen MR) is 67.6 cm³/mol. The van der Waals surface area contributed by atoms with E-state index >= 15 is 0 Å². The van der Waals surface area contributed by atoms with Crippen molar-refractivity contribution in [2.45, 2.75) is 13.5 Å². The van der Waals surface area contributed by atoms with Crippen LogP contribution in [0.1, 0.15) is 20.2 Å². The summed E-state index contributed by atoms with van der Waals surface area (Å²) in [7, 11) is 1.37. The molecule has 0 saturated heterocycles. The number of carbonyl (C=O) groups excluding carboxylic acids is 1. The van der Waals surface area contributed by atoms with E-state index in [4.69, 9.17) is 0 Å². The lowest BCUT2D eigenvalue weighted by atomic mass is 10.4. The molecule has 0 unspecified atom stereocenters. The average Bonchev–Trinajstić information content (AvgIpc) is 2.94. The van der Waals surface area contributed by atoms with Crippen molar-refractivity contribution in [2.75, 3.05) is 12.4 Å². The second kappa shape index (κ2) is 5.24. The van der Waals surface area contributed by atoms with Crippen molar-refractivity contribution in [2.24, 2.45) is 0 Å². The highest BCUT2D eigenvalue weighted by Crippen LogP contribution is 2.23. The minimum Gasteiger partial charge on any atom is -0.465 e. The van der Waals surface area contributed by atoms with Gasteiger partial charge in [0.2, 0.25) is 0 Å². The summed E-state index contributed by atoms with van der Waals surface area (Å²) in [6.07, 6.45) is 1.80. The number of hydrogen-bond donors (Lipinski definition) is 1. The van der Waals surface area contributed by atoms with Gasteiger partial charge in [0.1, 0.15) is 4.88 Å². The first-order valence-electron chi connectivity index (χ1n) is 4.87. The molecule has 0 amide bonds. The van der Waals surface area contributed by atoms with Crippen molar-refractivity contribution in [1.82, 2.24) is 9.97 Å². The monoisotopic (exact) mass is 269 g/mol. The van der Waals surface area contributed by atoms with E-state index in [0.29, 0.717) is 17.1 Å². The number of anilines is 1. The highest BCUT2D eigenvalue weighted by molar-refractivity contribution is 7.17. The molecule has 0 bridgehead atoms. The molecule has 90 valence electrons. The number of aryl methyl sites for hydroxylation is 1. The van der Waals surface area contributed by atoms with E-state index in [9.17, 15) is 4.79 Å². The van der Waals surface area contributed by atoms with Gasteiger partial charge in [-0.15, -0.1) is 11.3 Å². The number of aromatic nitrogens is 2. The molecule has 5 nitrogen and oxygen atoms in total. The van der Waals surface area contributed by atoms with Crippen LogP contribution >= 0.6 is 22.7 Å². The maximum atomic E-state index is 11.4. The largest absolute Gasteiger partial charge is 0.465 e. The molecule has 2 rings (SSSR count). The molecule has 17 heavy (non-hydrogen) atoms. The Bertz CT molecular complexity index is 508. The molecule has 0 fully saturated rings. The second-order valence-electron chi connectivity index (χ2n) is 3.25. The van der Waals surface area contributed by atoms with E-state index in [1.165, 1.54) is 18.4 Å². The Morgan fingerprint density at radius 2 is 2.41 bits per heavy atom. The number of carbonyl (C=O) groups is 1. The third-order valence-corrected chi connectivity index (χ3v) is 3.94. The minimum atomic E-state index is -0.342. The molecule has 0 atom stereocenters. The van der Waals surface area contributed by atoms with Crippen molar-refractivity contribution < 1.29 is 9.53 Å². The molecule has 2 aromatic heterocycles. The number of ether oxygens (including phenoxy) is 1. The molecular weight excluding hydrogens is 258 g/mol. The maximum absolute atomic E-state index is 11.4. The lowest BCUT2D eigenvalue weighted by Crippen LogP contribution is -1.99. The van der Waals surface area contributed by atoms with Gasteiger partial charge in [-0.05, 0) is 6.92 Å². The van der Waals surface area contributed by atoms with Gasteiger partial charge in [-0.1, -0.05) is 11.3 Å². The van der Waals surface area contributed by atoms with Gasteiger partial charge in [-0.3, -0.25) is 4.98 Å². The van der Waals surface area contributed by atoms with Gasteiger partial charge in [0.25, 0.3) is 0 Å². The SMILES string of the molecule is COC(=O)c1sc(NCc2cncs2)nc1C. The first-order valence-corrected chi connectivity index (χ1v) is 6.57. The van der Waals surface area contributed by atoms with E-state index in [-0.39, 0.29) is 5.97 Å². The zero-order valence-corrected chi connectivity index (χ0v) is 11.0. The fourth-order valence-corrected chi connectivity index (χ4v) is 2.66. The molecular formula is C10H11N3O2S2. The predicted octanol–water partition coefficient (Wildman–Crippen LogP) is 2.31. The average molecular weight is 269 g/mol. The fraction of sp³-hybridized carbons (Fsp3) is 0.300. The third-order valence-electron chi connectivity index (χ3n) is 2.06. The molecule has 0 aliphatic heterocycles. The Hall–Kier alpha value is -1.47. The Kier molecular flexibility index (Phi) is 3.70. The van der Waals surface area contributed by atoms with Crippen LogP contribution < -0.4 is 5.32 Å². The van der Waals surface area contributed by atoms with Crippen molar-refractivity contribution in [1.29, 1.82) is 0 Å². The van der Waals surface area contributed by atoms with Crippen molar-refractivity contribution >= 4 is 33.8 Å². The van der Waals surface area contributed by atoms with Crippen LogP contribution in [0, 0.1) is 6.92 Å². The lowest BCUT2D eigenvalue weighted by molar-refractivity contribution is 0.0605. The Morgan fingerprint density at radius 3 is 3.06 bits per heavy atom. The Labute approximate surface area is 106 Å². The van der Waals surface area contributed by atoms with Gasteiger partial charge in [0, 0.05) is 11.1 Å². The van der Waals surface area contributed by atoms with Crippen LogP contribution in [0.3, 0.4) is 0 Å². The van der Waals surface area contributed by atoms with Crippen LogP contribution in [-0.2, 0) is 11.3 Å². The molecule has 0 aliphatic carbocycles. The first-order chi connectivity index (χ1) is 8.20. The fourth-order valence-electron chi connectivity index (χ4n) is 1.25. The zero-order valence-electron chi connectivity index (χ0n) is 9.39. The highest BCUT2D eigenvalue weighted by atomic mass is 32.1. The molecule has 0 aromatic carbocycles. The summed E-state index contributed by atoms with van der Waals surface area (Å²) in [6, 6.07) is 0. The number of thiazole rings is 2. The van der Waals surface area contributed by atoms with Crippen LogP contribution in [0.15, 0.2) is 11.7 Å². The molecule has 0 radical (unpaired) electrons. The first kappa shape index (κ1) is 12.0. The van der Waals surface area contributed by atoms with E-state index in [0.717, 1.165) is 10.0 Å². The standard InChI is InChI=1S/C10H11N3O2S2/c1-6-8(9(14)15-2)17-10(13-6)12-4-7-3-11-5-16-7/h3,5H,4H2,1-2H3,(H,12,13). The molecule has 2 aromatic rings. The van der Waals surface area contributed by atoms with E-state index in [1.807, 2.05) is 0 Å². The molecule has 2 heterocycles. The molecule has 7 heteroatoms. The summed E-state index contributed by atoms with van der Waals surface area (Å²) in [5.74, 6) is -0.342. The normalized spacial score (nSPS) is 10.2. The molecule has 1 N–H and O–H groups in total. The van der Waals surface area contributed by atoms with Crippen LogP contribution in [-0.4, -0.2) is 23.0 Å². The van der Waals surface area contributed by atoms with Crippen molar-refractivity contribution in [3.05, 3.63) is 27.2 Å². The van der Waals surface area contributed by atoms with Gasteiger partial charge in [0.15, 0.2) is 5.13 Å². The minimum absolute atomic E-state index is 0.342. The van der Waals surface area contributed by atoms with Crippen LogP contribution in [0.5, 0.6) is 0 Å². The quantitative estimate of drug-likeness (QED) is 0.863. The number of esters is 1. The van der Waals surface area contributed by atoms with Crippen molar-refractivity contribution in [3.8, 4) is 0 Å². The summed E-state index contributed by atoms with van der Waals surface area (Å²) in [5, 5.41) is 3.88. The van der Waals surface area contributed by atoms with Gasteiger partial charge in [-0.2, -0.15) is 0 Å². The number of nitrogens with zero attached hydrogens (tertiary/aromatic N) is 2. The number of nitrogens with one attached hydrogen (secondary N) is 1. The highest BCUT2D eigenvalue weighted by Gasteiger charge is 2.15.